The highest BCUT2D eigenvalue weighted by Gasteiger charge is 2.12. The van der Waals surface area contributed by atoms with E-state index in [-0.39, 0.29) is 5.54 Å². The molecule has 14 heavy (non-hydrogen) atoms. The molecule has 0 aliphatic heterocycles. The van der Waals surface area contributed by atoms with Gasteiger partial charge in [-0.05, 0) is 20.8 Å². The van der Waals surface area contributed by atoms with E-state index in [2.05, 4.69) is 21.2 Å². The highest BCUT2D eigenvalue weighted by molar-refractivity contribution is 5.09. The maximum Gasteiger partial charge on any atom is 0.0744 e. The Morgan fingerprint density at radius 1 is 1.43 bits per heavy atom. The average Bonchev–Trinajstić information content (AvgIpc) is 2.17. The molecule has 3 heteroatoms. The van der Waals surface area contributed by atoms with Crippen LogP contribution in [0.15, 0.2) is 12.4 Å². The minimum atomic E-state index is -0.299. The summed E-state index contributed by atoms with van der Waals surface area (Å²) in [7, 11) is 0. The van der Waals surface area contributed by atoms with Crippen LogP contribution in [0.25, 0.3) is 0 Å². The van der Waals surface area contributed by atoms with Gasteiger partial charge in [0.25, 0.3) is 0 Å². The molecule has 0 saturated carbocycles. The first-order valence-electron chi connectivity index (χ1n) is 4.54. The quantitative estimate of drug-likeness (QED) is 0.728. The molecule has 0 saturated heterocycles. The number of hydrogen-bond acceptors (Lipinski definition) is 3. The predicted molar refractivity (Wildman–Crippen MR) is 56.5 cm³/mol. The van der Waals surface area contributed by atoms with Gasteiger partial charge in [-0.2, -0.15) is 0 Å². The first-order valence-corrected chi connectivity index (χ1v) is 4.54. The van der Waals surface area contributed by atoms with Crippen LogP contribution in [0.2, 0.25) is 0 Å². The van der Waals surface area contributed by atoms with Gasteiger partial charge >= 0.3 is 0 Å². The first-order chi connectivity index (χ1) is 6.53. The van der Waals surface area contributed by atoms with E-state index in [0.717, 1.165) is 11.4 Å². The molecule has 1 aromatic heterocycles. The first kappa shape index (κ1) is 10.7. The summed E-state index contributed by atoms with van der Waals surface area (Å²) in [5, 5.41) is 3.21. The number of aromatic nitrogens is 2. The zero-order chi connectivity index (χ0) is 10.6. The van der Waals surface area contributed by atoms with Crippen molar-refractivity contribution in [3.8, 4) is 12.3 Å². The number of terminal acetylenes is 1. The van der Waals surface area contributed by atoms with Crippen LogP contribution >= 0.6 is 0 Å². The number of rotatable bonds is 3. The van der Waals surface area contributed by atoms with E-state index in [1.807, 2.05) is 20.8 Å². The van der Waals surface area contributed by atoms with Crippen LogP contribution in [0.5, 0.6) is 0 Å². The summed E-state index contributed by atoms with van der Waals surface area (Å²) in [6, 6.07) is 0. The lowest BCUT2D eigenvalue weighted by molar-refractivity contribution is 0.486. The van der Waals surface area contributed by atoms with E-state index in [0.29, 0.717) is 6.54 Å². The van der Waals surface area contributed by atoms with Gasteiger partial charge in [-0.15, -0.1) is 6.42 Å². The van der Waals surface area contributed by atoms with Crippen molar-refractivity contribution in [3.05, 3.63) is 23.8 Å². The molecule has 0 aliphatic rings. The van der Waals surface area contributed by atoms with Crippen LogP contribution < -0.4 is 5.32 Å². The van der Waals surface area contributed by atoms with Crippen molar-refractivity contribution in [2.45, 2.75) is 32.9 Å². The van der Waals surface area contributed by atoms with E-state index in [9.17, 15) is 0 Å². The minimum Gasteiger partial charge on any atom is -0.296 e. The molecule has 0 atom stereocenters. The second kappa shape index (κ2) is 4.21. The summed E-state index contributed by atoms with van der Waals surface area (Å²) in [4.78, 5) is 8.37. The topological polar surface area (TPSA) is 37.8 Å². The van der Waals surface area contributed by atoms with Crippen LogP contribution in [0.3, 0.4) is 0 Å². The molecule has 1 rings (SSSR count). The lowest BCUT2D eigenvalue weighted by Gasteiger charge is -2.18. The van der Waals surface area contributed by atoms with E-state index >= 15 is 0 Å². The molecule has 0 aromatic carbocycles. The average molecular weight is 189 g/mol. The standard InChI is InChI=1S/C11H15N3/c1-5-11(3,4)14-8-10-7-12-9(2)6-13-10/h1,6-7,14H,8H2,2-4H3. The Kier molecular flexibility index (Phi) is 3.21. The molecule has 0 radical (unpaired) electrons. The van der Waals surface area contributed by atoms with Gasteiger partial charge in [-0.25, -0.2) is 0 Å². The van der Waals surface area contributed by atoms with Crippen LogP contribution in [-0.2, 0) is 6.54 Å². The third-order valence-electron chi connectivity index (χ3n) is 1.91. The van der Waals surface area contributed by atoms with E-state index < -0.39 is 0 Å². The third kappa shape index (κ3) is 3.15. The Hall–Kier alpha value is -1.40. The van der Waals surface area contributed by atoms with Gasteiger partial charge in [0.2, 0.25) is 0 Å². The molecule has 0 spiro atoms. The van der Waals surface area contributed by atoms with Crippen molar-refractivity contribution in [3.63, 3.8) is 0 Å². The van der Waals surface area contributed by atoms with Gasteiger partial charge in [0.1, 0.15) is 0 Å². The predicted octanol–water partition coefficient (Wildman–Crippen LogP) is 1.29. The molecule has 0 aliphatic carbocycles. The molecule has 1 N–H and O–H groups in total. The summed E-state index contributed by atoms with van der Waals surface area (Å²) < 4.78 is 0. The minimum absolute atomic E-state index is 0.299. The van der Waals surface area contributed by atoms with Gasteiger partial charge in [-0.3, -0.25) is 15.3 Å². The Bertz CT molecular complexity index is 333. The van der Waals surface area contributed by atoms with Crippen LogP contribution in [-0.4, -0.2) is 15.5 Å². The molecule has 0 amide bonds. The monoisotopic (exact) mass is 189 g/mol. The number of nitrogens with one attached hydrogen (secondary N) is 1. The second-order valence-electron chi connectivity index (χ2n) is 3.77. The fourth-order valence-corrected chi connectivity index (χ4v) is 0.873. The number of nitrogens with zero attached hydrogens (tertiary/aromatic N) is 2. The van der Waals surface area contributed by atoms with E-state index in [1.165, 1.54) is 0 Å². The SMILES string of the molecule is C#CC(C)(C)NCc1cnc(C)cn1. The zero-order valence-electron chi connectivity index (χ0n) is 8.83. The molecule has 0 unspecified atom stereocenters. The molecule has 0 bridgehead atoms. The van der Waals surface area contributed by atoms with Crippen molar-refractivity contribution >= 4 is 0 Å². The van der Waals surface area contributed by atoms with Crippen LogP contribution in [0.1, 0.15) is 25.2 Å². The summed E-state index contributed by atoms with van der Waals surface area (Å²) in [6.07, 6.45) is 8.85. The molecular formula is C11H15N3. The summed E-state index contributed by atoms with van der Waals surface area (Å²) in [6.45, 7) is 6.46. The fourth-order valence-electron chi connectivity index (χ4n) is 0.873. The normalized spacial score (nSPS) is 11.0. The summed E-state index contributed by atoms with van der Waals surface area (Å²) in [5.74, 6) is 2.66. The largest absolute Gasteiger partial charge is 0.296 e. The summed E-state index contributed by atoms with van der Waals surface area (Å²) in [5.41, 5.74) is 1.52. The smallest absolute Gasteiger partial charge is 0.0744 e. The number of aryl methyl sites for hydroxylation is 1. The Labute approximate surface area is 85.0 Å². The Balaban J connectivity index is 2.55. The Morgan fingerprint density at radius 3 is 2.64 bits per heavy atom. The van der Waals surface area contributed by atoms with Crippen molar-refractivity contribution in [1.82, 2.24) is 15.3 Å². The second-order valence-corrected chi connectivity index (χ2v) is 3.77. The van der Waals surface area contributed by atoms with Crippen molar-refractivity contribution in [2.24, 2.45) is 0 Å². The lowest BCUT2D eigenvalue weighted by Crippen LogP contribution is -2.37. The summed E-state index contributed by atoms with van der Waals surface area (Å²) >= 11 is 0. The highest BCUT2D eigenvalue weighted by atomic mass is 15.0. The van der Waals surface area contributed by atoms with Crippen molar-refractivity contribution < 1.29 is 0 Å². The molecule has 1 heterocycles. The maximum atomic E-state index is 5.35. The number of hydrogen-bond donors (Lipinski definition) is 1. The van der Waals surface area contributed by atoms with Crippen molar-refractivity contribution in [1.29, 1.82) is 0 Å². The third-order valence-corrected chi connectivity index (χ3v) is 1.91. The fraction of sp³-hybridized carbons (Fsp3) is 0.455. The van der Waals surface area contributed by atoms with Gasteiger partial charge in [0.05, 0.1) is 16.9 Å². The molecule has 1 aromatic rings. The van der Waals surface area contributed by atoms with Gasteiger partial charge < -0.3 is 0 Å². The van der Waals surface area contributed by atoms with Gasteiger partial charge in [0.15, 0.2) is 0 Å². The van der Waals surface area contributed by atoms with E-state index in [1.54, 1.807) is 12.4 Å². The van der Waals surface area contributed by atoms with Crippen LogP contribution in [0, 0.1) is 19.3 Å². The molecular weight excluding hydrogens is 174 g/mol. The molecule has 3 nitrogen and oxygen atoms in total. The van der Waals surface area contributed by atoms with Gasteiger partial charge in [-0.1, -0.05) is 5.92 Å². The zero-order valence-corrected chi connectivity index (χ0v) is 8.83. The lowest BCUT2D eigenvalue weighted by atomic mass is 10.1. The van der Waals surface area contributed by atoms with Gasteiger partial charge in [0, 0.05) is 18.9 Å². The van der Waals surface area contributed by atoms with Crippen molar-refractivity contribution in [2.75, 3.05) is 0 Å². The Morgan fingerprint density at radius 2 is 2.14 bits per heavy atom. The highest BCUT2D eigenvalue weighted by Crippen LogP contribution is 2.01. The van der Waals surface area contributed by atoms with Crippen LogP contribution in [0.4, 0.5) is 0 Å². The van der Waals surface area contributed by atoms with E-state index in [4.69, 9.17) is 6.42 Å². The maximum absolute atomic E-state index is 5.35. The molecule has 74 valence electrons. The molecule has 0 fully saturated rings.